The number of aldehydes is 1. The lowest BCUT2D eigenvalue weighted by atomic mass is 10.2. The highest BCUT2D eigenvalue weighted by Gasteiger charge is 1.90. The van der Waals surface area contributed by atoms with E-state index in [0.717, 1.165) is 25.5 Å². The number of aliphatic hydroxyl groups is 1. The molecule has 0 aliphatic rings. The van der Waals surface area contributed by atoms with E-state index >= 15 is 0 Å². The number of hydrogen-bond donors (Lipinski definition) is 1. The Balaban J connectivity index is 3.37. The summed E-state index contributed by atoms with van der Waals surface area (Å²) in [5.41, 5.74) is 0. The van der Waals surface area contributed by atoms with Crippen LogP contribution in [0, 0.1) is 0 Å². The molecule has 2 nitrogen and oxygen atoms in total. The highest BCUT2D eigenvalue weighted by molar-refractivity contribution is 5.49. The second-order valence-electron chi connectivity index (χ2n) is 2.54. The number of rotatable bonds is 6. The molecule has 0 atom stereocenters. The third-order valence-corrected chi connectivity index (χ3v) is 1.46. The maximum absolute atomic E-state index is 9.90. The van der Waals surface area contributed by atoms with Crippen LogP contribution >= 0.6 is 0 Å². The van der Waals surface area contributed by atoms with Crippen molar-refractivity contribution in [1.82, 2.24) is 0 Å². The van der Waals surface area contributed by atoms with Crippen molar-refractivity contribution < 1.29 is 9.90 Å². The highest BCUT2D eigenvalue weighted by Crippen LogP contribution is 2.03. The number of allylic oxidation sites excluding steroid dienone is 2. The van der Waals surface area contributed by atoms with E-state index in [1.807, 2.05) is 0 Å². The summed E-state index contributed by atoms with van der Waals surface area (Å²) < 4.78 is 0. The molecule has 1 N–H and O–H groups in total. The molecule has 2 heteroatoms. The lowest BCUT2D eigenvalue weighted by molar-refractivity contribution is -0.107. The van der Waals surface area contributed by atoms with Gasteiger partial charge in [0, 0.05) is 12.8 Å². The van der Waals surface area contributed by atoms with E-state index in [9.17, 15) is 4.79 Å². The Bertz CT molecular complexity index is 128. The van der Waals surface area contributed by atoms with Crippen LogP contribution in [-0.4, -0.2) is 11.4 Å². The molecular weight excluding hydrogens is 140 g/mol. The molecule has 0 saturated heterocycles. The molecule has 0 aromatic heterocycles. The van der Waals surface area contributed by atoms with Crippen molar-refractivity contribution >= 4 is 6.29 Å². The molecule has 11 heavy (non-hydrogen) atoms. The van der Waals surface area contributed by atoms with Crippen molar-refractivity contribution in [1.29, 1.82) is 0 Å². The summed E-state index contributed by atoms with van der Waals surface area (Å²) in [6.07, 6.45) is 6.70. The van der Waals surface area contributed by atoms with Gasteiger partial charge in [0.05, 0.1) is 5.76 Å². The summed E-state index contributed by atoms with van der Waals surface area (Å²) in [5, 5.41) is 9.11. The molecule has 0 bridgehead atoms. The van der Waals surface area contributed by atoms with Gasteiger partial charge in [-0.1, -0.05) is 13.3 Å². The van der Waals surface area contributed by atoms with E-state index in [2.05, 4.69) is 6.92 Å². The Morgan fingerprint density at radius 3 is 2.73 bits per heavy atom. The van der Waals surface area contributed by atoms with Gasteiger partial charge in [0.15, 0.2) is 0 Å². The molecular formula is C9H16O2. The number of carbonyl (C=O) groups is 1. The maximum Gasteiger partial charge on any atom is 0.120 e. The first-order valence-electron chi connectivity index (χ1n) is 4.13. The van der Waals surface area contributed by atoms with Gasteiger partial charge in [0.2, 0.25) is 0 Å². The van der Waals surface area contributed by atoms with E-state index in [0.29, 0.717) is 18.6 Å². The monoisotopic (exact) mass is 156 g/mol. The van der Waals surface area contributed by atoms with Crippen molar-refractivity contribution in [2.75, 3.05) is 0 Å². The van der Waals surface area contributed by atoms with Crippen LogP contribution < -0.4 is 0 Å². The number of carbonyl (C=O) groups excluding carboxylic acids is 1. The quantitative estimate of drug-likeness (QED) is 0.364. The zero-order valence-corrected chi connectivity index (χ0v) is 7.05. The fourth-order valence-electron chi connectivity index (χ4n) is 0.782. The first-order chi connectivity index (χ1) is 5.31. The van der Waals surface area contributed by atoms with Crippen molar-refractivity contribution in [2.45, 2.75) is 39.0 Å². The van der Waals surface area contributed by atoms with Gasteiger partial charge in [-0.25, -0.2) is 0 Å². The van der Waals surface area contributed by atoms with Crippen LogP contribution in [0.3, 0.4) is 0 Å². The average molecular weight is 156 g/mol. The van der Waals surface area contributed by atoms with Gasteiger partial charge in [-0.15, -0.1) is 0 Å². The lowest BCUT2D eigenvalue weighted by Gasteiger charge is -1.94. The Morgan fingerprint density at radius 1 is 1.45 bits per heavy atom. The average Bonchev–Trinajstić information content (AvgIpc) is 2.01. The van der Waals surface area contributed by atoms with Crippen LogP contribution in [0.15, 0.2) is 11.8 Å². The van der Waals surface area contributed by atoms with Gasteiger partial charge in [-0.05, 0) is 18.9 Å². The Labute approximate surface area is 67.9 Å². The van der Waals surface area contributed by atoms with Gasteiger partial charge >= 0.3 is 0 Å². The largest absolute Gasteiger partial charge is 0.513 e. The summed E-state index contributed by atoms with van der Waals surface area (Å²) in [6.45, 7) is 2.11. The van der Waals surface area contributed by atoms with E-state index in [4.69, 9.17) is 5.11 Å². The van der Waals surface area contributed by atoms with Gasteiger partial charge in [0.1, 0.15) is 6.29 Å². The van der Waals surface area contributed by atoms with Crippen molar-refractivity contribution in [3.05, 3.63) is 11.8 Å². The van der Waals surface area contributed by atoms with Gasteiger partial charge < -0.3 is 9.90 Å². The second-order valence-corrected chi connectivity index (χ2v) is 2.54. The van der Waals surface area contributed by atoms with Crippen molar-refractivity contribution in [2.24, 2.45) is 0 Å². The highest BCUT2D eigenvalue weighted by atomic mass is 16.3. The summed E-state index contributed by atoms with van der Waals surface area (Å²) in [4.78, 5) is 9.90. The third kappa shape index (κ3) is 7.10. The molecule has 0 saturated carbocycles. The zero-order valence-electron chi connectivity index (χ0n) is 7.05. The maximum atomic E-state index is 9.90. The van der Waals surface area contributed by atoms with Crippen molar-refractivity contribution in [3.8, 4) is 0 Å². The third-order valence-electron chi connectivity index (χ3n) is 1.46. The van der Waals surface area contributed by atoms with Gasteiger partial charge in [0.25, 0.3) is 0 Å². The Kier molecular flexibility index (Phi) is 6.79. The molecule has 0 radical (unpaired) electrons. The molecule has 0 aliphatic heterocycles. The van der Waals surface area contributed by atoms with E-state index in [1.165, 1.54) is 0 Å². The van der Waals surface area contributed by atoms with Crippen LogP contribution in [0.25, 0.3) is 0 Å². The zero-order chi connectivity index (χ0) is 8.53. The number of hydrogen-bond acceptors (Lipinski definition) is 2. The van der Waals surface area contributed by atoms with Crippen LogP contribution in [0.4, 0.5) is 0 Å². The van der Waals surface area contributed by atoms with Crippen LogP contribution in [0.2, 0.25) is 0 Å². The smallest absolute Gasteiger partial charge is 0.120 e. The lowest BCUT2D eigenvalue weighted by Crippen LogP contribution is -1.83. The fourth-order valence-corrected chi connectivity index (χ4v) is 0.782. The van der Waals surface area contributed by atoms with E-state index in [-0.39, 0.29) is 0 Å². The molecule has 0 aliphatic carbocycles. The Hall–Kier alpha value is -0.790. The minimum Gasteiger partial charge on any atom is -0.513 e. The van der Waals surface area contributed by atoms with Crippen LogP contribution in [-0.2, 0) is 4.79 Å². The first kappa shape index (κ1) is 10.2. The summed E-state index contributed by atoms with van der Waals surface area (Å²) >= 11 is 0. The standard InChI is InChI=1S/C9H16O2/c1-2-3-4-6-9(11)7-5-8-10/h6,8,11H,2-5,7H2,1H3. The minimum absolute atomic E-state index is 0.352. The molecule has 64 valence electrons. The SMILES string of the molecule is CCCCC=C(O)CCC=O. The first-order valence-corrected chi connectivity index (χ1v) is 4.13. The van der Waals surface area contributed by atoms with Crippen LogP contribution in [0.1, 0.15) is 39.0 Å². The predicted molar refractivity (Wildman–Crippen MR) is 45.5 cm³/mol. The number of aliphatic hydroxyl groups excluding tert-OH is 1. The molecule has 0 aromatic carbocycles. The number of unbranched alkanes of at least 4 members (excludes halogenated alkanes) is 2. The summed E-state index contributed by atoms with van der Waals surface area (Å²) in [5.74, 6) is 0.352. The summed E-state index contributed by atoms with van der Waals surface area (Å²) in [6, 6.07) is 0. The van der Waals surface area contributed by atoms with Gasteiger partial charge in [-0.2, -0.15) is 0 Å². The fraction of sp³-hybridized carbons (Fsp3) is 0.667. The molecule has 0 amide bonds. The van der Waals surface area contributed by atoms with Crippen molar-refractivity contribution in [3.63, 3.8) is 0 Å². The van der Waals surface area contributed by atoms with Gasteiger partial charge in [-0.3, -0.25) is 0 Å². The van der Waals surface area contributed by atoms with Crippen LogP contribution in [0.5, 0.6) is 0 Å². The van der Waals surface area contributed by atoms with E-state index < -0.39 is 0 Å². The molecule has 0 aromatic rings. The molecule has 0 spiro atoms. The Morgan fingerprint density at radius 2 is 2.18 bits per heavy atom. The molecule has 0 rings (SSSR count). The summed E-state index contributed by atoms with van der Waals surface area (Å²) in [7, 11) is 0. The molecule has 0 unspecified atom stereocenters. The normalized spacial score (nSPS) is 11.5. The van der Waals surface area contributed by atoms with E-state index in [1.54, 1.807) is 6.08 Å². The molecule has 0 fully saturated rings. The second kappa shape index (κ2) is 7.32. The molecule has 0 heterocycles. The topological polar surface area (TPSA) is 37.3 Å². The minimum atomic E-state index is 0.352. The predicted octanol–water partition coefficient (Wildman–Crippen LogP) is 2.60.